The second kappa shape index (κ2) is 8.95. The van der Waals surface area contributed by atoms with Crippen LogP contribution in [0.5, 0.6) is 17.2 Å². The first-order valence-corrected chi connectivity index (χ1v) is 10.6. The molecule has 2 aliphatic rings. The van der Waals surface area contributed by atoms with Crippen LogP contribution in [-0.4, -0.2) is 50.3 Å². The maximum absolute atomic E-state index is 12.9. The summed E-state index contributed by atoms with van der Waals surface area (Å²) < 4.78 is 22.3. The summed E-state index contributed by atoms with van der Waals surface area (Å²) in [6, 6.07) is 10.7. The zero-order valence-corrected chi connectivity index (χ0v) is 18.1. The zero-order valence-electron chi connectivity index (χ0n) is 16.6. The Bertz CT molecular complexity index is 963. The molecule has 0 spiro atoms. The van der Waals surface area contributed by atoms with E-state index in [0.29, 0.717) is 35.5 Å². The Labute approximate surface area is 183 Å². The SMILES string of the molecule is COC(=O)c1ccc(OCC(=O)N2CCCC2c2ccc3c(c2)OCCO3)c(Br)c1. The van der Waals surface area contributed by atoms with Crippen molar-refractivity contribution in [3.63, 3.8) is 0 Å². The zero-order chi connectivity index (χ0) is 21.1. The Morgan fingerprint density at radius 2 is 1.93 bits per heavy atom. The van der Waals surface area contributed by atoms with Crippen molar-refractivity contribution in [2.75, 3.05) is 33.5 Å². The molecule has 8 heteroatoms. The number of hydrogen-bond donors (Lipinski definition) is 0. The van der Waals surface area contributed by atoms with Gasteiger partial charge in [0, 0.05) is 6.54 Å². The second-order valence-corrected chi connectivity index (χ2v) is 7.93. The summed E-state index contributed by atoms with van der Waals surface area (Å²) in [6.07, 6.45) is 1.82. The molecular weight excluding hydrogens is 454 g/mol. The quantitative estimate of drug-likeness (QED) is 0.613. The van der Waals surface area contributed by atoms with E-state index in [-0.39, 0.29) is 18.6 Å². The maximum Gasteiger partial charge on any atom is 0.337 e. The number of hydrogen-bond acceptors (Lipinski definition) is 6. The fraction of sp³-hybridized carbons (Fsp3) is 0.364. The first kappa shape index (κ1) is 20.5. The first-order chi connectivity index (χ1) is 14.6. The van der Waals surface area contributed by atoms with E-state index >= 15 is 0 Å². The van der Waals surface area contributed by atoms with Crippen molar-refractivity contribution in [3.05, 3.63) is 52.0 Å². The Hall–Kier alpha value is -2.74. The van der Waals surface area contributed by atoms with Crippen molar-refractivity contribution in [1.29, 1.82) is 0 Å². The average molecular weight is 476 g/mol. The van der Waals surface area contributed by atoms with Crippen molar-refractivity contribution in [3.8, 4) is 17.2 Å². The van der Waals surface area contributed by atoms with Crippen LogP contribution in [0.4, 0.5) is 0 Å². The molecule has 0 bridgehead atoms. The second-order valence-electron chi connectivity index (χ2n) is 7.07. The van der Waals surface area contributed by atoms with Gasteiger partial charge >= 0.3 is 5.97 Å². The number of ether oxygens (including phenoxy) is 4. The van der Waals surface area contributed by atoms with Crippen molar-refractivity contribution in [2.24, 2.45) is 0 Å². The number of halogens is 1. The van der Waals surface area contributed by atoms with E-state index in [4.69, 9.17) is 18.9 Å². The molecule has 7 nitrogen and oxygen atoms in total. The molecule has 0 aliphatic carbocycles. The average Bonchev–Trinajstić information content (AvgIpc) is 3.27. The summed E-state index contributed by atoms with van der Waals surface area (Å²) in [4.78, 5) is 26.3. The lowest BCUT2D eigenvalue weighted by Crippen LogP contribution is -2.34. The number of carbonyl (C=O) groups is 2. The smallest absolute Gasteiger partial charge is 0.337 e. The molecule has 0 N–H and O–H groups in total. The van der Waals surface area contributed by atoms with E-state index in [2.05, 4.69) is 15.9 Å². The van der Waals surface area contributed by atoms with Gasteiger partial charge in [-0.1, -0.05) is 6.07 Å². The molecule has 1 saturated heterocycles. The number of rotatable bonds is 5. The normalized spacial score (nSPS) is 17.5. The number of amides is 1. The number of esters is 1. The van der Waals surface area contributed by atoms with E-state index in [9.17, 15) is 9.59 Å². The van der Waals surface area contributed by atoms with Gasteiger partial charge in [0.2, 0.25) is 0 Å². The molecule has 1 fully saturated rings. The highest BCUT2D eigenvalue weighted by atomic mass is 79.9. The Morgan fingerprint density at radius 3 is 2.70 bits per heavy atom. The van der Waals surface area contributed by atoms with E-state index < -0.39 is 5.97 Å². The van der Waals surface area contributed by atoms with Gasteiger partial charge in [-0.15, -0.1) is 0 Å². The molecule has 0 saturated carbocycles. The minimum atomic E-state index is -0.433. The number of methoxy groups -OCH3 is 1. The summed E-state index contributed by atoms with van der Waals surface area (Å²) >= 11 is 3.38. The van der Waals surface area contributed by atoms with E-state index in [1.54, 1.807) is 18.2 Å². The largest absolute Gasteiger partial charge is 0.486 e. The minimum Gasteiger partial charge on any atom is -0.486 e. The molecule has 158 valence electrons. The molecule has 2 aromatic rings. The predicted molar refractivity (Wildman–Crippen MR) is 112 cm³/mol. The van der Waals surface area contributed by atoms with Gasteiger partial charge in [0.05, 0.1) is 23.2 Å². The van der Waals surface area contributed by atoms with Gasteiger partial charge in [-0.3, -0.25) is 4.79 Å². The topological polar surface area (TPSA) is 74.3 Å². The molecule has 2 aromatic carbocycles. The van der Waals surface area contributed by atoms with Crippen molar-refractivity contribution in [1.82, 2.24) is 4.90 Å². The molecule has 2 heterocycles. The number of nitrogens with zero attached hydrogens (tertiary/aromatic N) is 1. The van der Waals surface area contributed by atoms with Gasteiger partial charge in [-0.2, -0.15) is 0 Å². The van der Waals surface area contributed by atoms with Gasteiger partial charge in [-0.05, 0) is 64.7 Å². The van der Waals surface area contributed by atoms with Gasteiger partial charge in [0.15, 0.2) is 18.1 Å². The van der Waals surface area contributed by atoms with Gasteiger partial charge < -0.3 is 23.8 Å². The van der Waals surface area contributed by atoms with E-state index in [1.165, 1.54) is 7.11 Å². The highest BCUT2D eigenvalue weighted by molar-refractivity contribution is 9.10. The Morgan fingerprint density at radius 1 is 1.13 bits per heavy atom. The molecular formula is C22H22BrNO6. The maximum atomic E-state index is 12.9. The highest BCUT2D eigenvalue weighted by Crippen LogP contribution is 2.38. The van der Waals surface area contributed by atoms with Gasteiger partial charge in [0.25, 0.3) is 5.91 Å². The van der Waals surface area contributed by atoms with Crippen LogP contribution < -0.4 is 14.2 Å². The van der Waals surface area contributed by atoms with Crippen molar-refractivity contribution >= 4 is 27.8 Å². The third-order valence-corrected chi connectivity index (χ3v) is 5.85. The lowest BCUT2D eigenvalue weighted by atomic mass is 10.0. The predicted octanol–water partition coefficient (Wildman–Crippen LogP) is 3.75. The van der Waals surface area contributed by atoms with Crippen LogP contribution in [-0.2, 0) is 9.53 Å². The van der Waals surface area contributed by atoms with Crippen molar-refractivity contribution in [2.45, 2.75) is 18.9 Å². The third kappa shape index (κ3) is 4.23. The van der Waals surface area contributed by atoms with Crippen LogP contribution in [0, 0.1) is 0 Å². The van der Waals surface area contributed by atoms with Crippen LogP contribution >= 0.6 is 15.9 Å². The van der Waals surface area contributed by atoms with Crippen LogP contribution in [0.15, 0.2) is 40.9 Å². The number of benzene rings is 2. The van der Waals surface area contributed by atoms with Gasteiger partial charge in [-0.25, -0.2) is 4.79 Å². The first-order valence-electron chi connectivity index (χ1n) is 9.76. The number of fused-ring (bicyclic) bond motifs is 1. The lowest BCUT2D eigenvalue weighted by Gasteiger charge is -2.27. The van der Waals surface area contributed by atoms with E-state index in [1.807, 2.05) is 23.1 Å². The summed E-state index contributed by atoms with van der Waals surface area (Å²) in [7, 11) is 1.33. The van der Waals surface area contributed by atoms with Crippen LogP contribution in [0.3, 0.4) is 0 Å². The van der Waals surface area contributed by atoms with Crippen LogP contribution in [0.1, 0.15) is 34.8 Å². The summed E-state index contributed by atoms with van der Waals surface area (Å²) in [6.45, 7) is 1.68. The molecule has 1 atom stereocenters. The molecule has 30 heavy (non-hydrogen) atoms. The monoisotopic (exact) mass is 475 g/mol. The fourth-order valence-electron chi connectivity index (χ4n) is 3.76. The third-order valence-electron chi connectivity index (χ3n) is 5.23. The molecule has 0 radical (unpaired) electrons. The molecule has 1 amide bonds. The van der Waals surface area contributed by atoms with E-state index in [0.717, 1.165) is 29.9 Å². The molecule has 4 rings (SSSR count). The van der Waals surface area contributed by atoms with Gasteiger partial charge in [0.1, 0.15) is 19.0 Å². The van der Waals surface area contributed by atoms with Crippen LogP contribution in [0.2, 0.25) is 0 Å². The minimum absolute atomic E-state index is 0.0120. The number of likely N-dealkylation sites (tertiary alicyclic amines) is 1. The number of carbonyl (C=O) groups excluding carboxylic acids is 2. The summed E-state index contributed by atoms with van der Waals surface area (Å²) in [5.74, 6) is 1.44. The van der Waals surface area contributed by atoms with Crippen LogP contribution in [0.25, 0.3) is 0 Å². The molecule has 2 aliphatic heterocycles. The standard InChI is InChI=1S/C22H22BrNO6/c1-27-22(26)15-5-6-18(16(23)11-15)30-13-21(25)24-8-2-3-17(24)14-4-7-19-20(12-14)29-10-9-28-19/h4-7,11-12,17H,2-3,8-10,13H2,1H3. The summed E-state index contributed by atoms with van der Waals surface area (Å²) in [5, 5.41) is 0. The highest BCUT2D eigenvalue weighted by Gasteiger charge is 2.31. The molecule has 0 aromatic heterocycles. The summed E-state index contributed by atoms with van der Waals surface area (Å²) in [5.41, 5.74) is 1.44. The lowest BCUT2D eigenvalue weighted by molar-refractivity contribution is -0.134. The Balaban J connectivity index is 1.42. The Kier molecular flexibility index (Phi) is 6.13. The molecule has 1 unspecified atom stereocenters. The van der Waals surface area contributed by atoms with Crippen molar-refractivity contribution < 1.29 is 28.5 Å². The fourth-order valence-corrected chi connectivity index (χ4v) is 4.26.